The summed E-state index contributed by atoms with van der Waals surface area (Å²) < 4.78 is 23.6. The van der Waals surface area contributed by atoms with Crippen LogP contribution < -0.4 is 0 Å². The van der Waals surface area contributed by atoms with E-state index in [-0.39, 0.29) is 5.75 Å². The van der Waals surface area contributed by atoms with E-state index in [9.17, 15) is 4.21 Å². The fourth-order valence-corrected chi connectivity index (χ4v) is 1.15. The van der Waals surface area contributed by atoms with Crippen LogP contribution in [0, 0.1) is 6.92 Å². The van der Waals surface area contributed by atoms with Gasteiger partial charge in [-0.15, -0.1) is 0 Å². The summed E-state index contributed by atoms with van der Waals surface area (Å²) in [5.41, 5.74) is 0.762. The first-order chi connectivity index (χ1) is 4.68. The predicted molar refractivity (Wildman–Crippen MR) is 37.9 cm³/mol. The quantitative estimate of drug-likeness (QED) is 0.663. The lowest BCUT2D eigenvalue weighted by Gasteiger charge is -1.85. The van der Waals surface area contributed by atoms with Crippen molar-refractivity contribution in [3.8, 4) is 0 Å². The third-order valence-corrected chi connectivity index (χ3v) is 1.66. The predicted octanol–water partition coefficient (Wildman–Crippen LogP) is 1.31. The van der Waals surface area contributed by atoms with Crippen molar-refractivity contribution in [2.24, 2.45) is 0 Å². The molecule has 1 aromatic heterocycles. The van der Waals surface area contributed by atoms with Crippen molar-refractivity contribution >= 4 is 11.1 Å². The summed E-state index contributed by atoms with van der Waals surface area (Å²) in [5, 5.41) is 0. The SMILES string of the molecule is Cc1cc(CS(=O)O)co1. The van der Waals surface area contributed by atoms with Crippen molar-refractivity contribution in [1.29, 1.82) is 0 Å². The van der Waals surface area contributed by atoms with Gasteiger partial charge in [0.25, 0.3) is 0 Å². The zero-order valence-corrected chi connectivity index (χ0v) is 6.35. The number of rotatable bonds is 2. The van der Waals surface area contributed by atoms with Crippen LogP contribution in [0.3, 0.4) is 0 Å². The van der Waals surface area contributed by atoms with E-state index < -0.39 is 11.1 Å². The molecule has 56 valence electrons. The molecule has 4 heteroatoms. The first kappa shape index (κ1) is 7.50. The molecule has 1 heterocycles. The Kier molecular flexibility index (Phi) is 2.24. The fourth-order valence-electron chi connectivity index (χ4n) is 0.716. The molecule has 0 spiro atoms. The Morgan fingerprint density at radius 1 is 1.80 bits per heavy atom. The lowest BCUT2D eigenvalue weighted by Crippen LogP contribution is -1.89. The number of aryl methyl sites for hydroxylation is 1. The van der Waals surface area contributed by atoms with Gasteiger partial charge in [0, 0.05) is 5.56 Å². The zero-order chi connectivity index (χ0) is 7.56. The molecule has 1 rings (SSSR count). The van der Waals surface area contributed by atoms with Crippen LogP contribution in [0.25, 0.3) is 0 Å². The van der Waals surface area contributed by atoms with E-state index >= 15 is 0 Å². The van der Waals surface area contributed by atoms with Gasteiger partial charge in [0.2, 0.25) is 0 Å². The smallest absolute Gasteiger partial charge is 0.157 e. The number of furan rings is 1. The highest BCUT2D eigenvalue weighted by Crippen LogP contribution is 2.07. The van der Waals surface area contributed by atoms with E-state index in [1.54, 1.807) is 13.0 Å². The molecule has 1 atom stereocenters. The molecular formula is C6H8O3S. The van der Waals surface area contributed by atoms with Crippen molar-refractivity contribution in [2.75, 3.05) is 0 Å². The van der Waals surface area contributed by atoms with Crippen LogP contribution in [-0.2, 0) is 16.8 Å². The van der Waals surface area contributed by atoms with Gasteiger partial charge >= 0.3 is 0 Å². The third-order valence-electron chi connectivity index (χ3n) is 1.07. The topological polar surface area (TPSA) is 50.4 Å². The standard InChI is InChI=1S/C6H8O3S/c1-5-2-6(3-9-5)4-10(7)8/h2-3H,4H2,1H3,(H,7,8). The minimum Gasteiger partial charge on any atom is -0.469 e. The summed E-state index contributed by atoms with van der Waals surface area (Å²) in [4.78, 5) is 0. The Balaban J connectivity index is 2.67. The average molecular weight is 160 g/mol. The molecule has 0 aliphatic carbocycles. The van der Waals surface area contributed by atoms with Crippen LogP contribution in [0.15, 0.2) is 16.7 Å². The number of hydrogen-bond donors (Lipinski definition) is 1. The summed E-state index contributed by atoms with van der Waals surface area (Å²) in [6, 6.07) is 1.74. The molecule has 10 heavy (non-hydrogen) atoms. The van der Waals surface area contributed by atoms with E-state index in [2.05, 4.69) is 0 Å². The Morgan fingerprint density at radius 3 is 2.90 bits per heavy atom. The van der Waals surface area contributed by atoms with Gasteiger partial charge in [-0.3, -0.25) is 0 Å². The van der Waals surface area contributed by atoms with E-state index in [1.807, 2.05) is 0 Å². The molecule has 0 amide bonds. The summed E-state index contributed by atoms with van der Waals surface area (Å²) in [5.74, 6) is 0.914. The normalized spacial score (nSPS) is 13.4. The monoisotopic (exact) mass is 160 g/mol. The maximum Gasteiger partial charge on any atom is 0.157 e. The maximum atomic E-state index is 10.2. The molecule has 0 aliphatic heterocycles. The molecule has 0 saturated heterocycles. The van der Waals surface area contributed by atoms with Crippen molar-refractivity contribution < 1.29 is 13.2 Å². The molecule has 0 fully saturated rings. The molecule has 3 nitrogen and oxygen atoms in total. The fraction of sp³-hybridized carbons (Fsp3) is 0.333. The second kappa shape index (κ2) is 2.98. The van der Waals surface area contributed by atoms with Crippen LogP contribution >= 0.6 is 0 Å². The molecule has 0 radical (unpaired) electrons. The van der Waals surface area contributed by atoms with Crippen molar-refractivity contribution in [3.05, 3.63) is 23.7 Å². The van der Waals surface area contributed by atoms with Gasteiger partial charge in [-0.1, -0.05) is 0 Å². The van der Waals surface area contributed by atoms with Gasteiger partial charge in [0.05, 0.1) is 12.0 Å². The first-order valence-corrected chi connectivity index (χ1v) is 4.07. The maximum absolute atomic E-state index is 10.2. The highest BCUT2D eigenvalue weighted by atomic mass is 32.2. The third kappa shape index (κ3) is 1.97. The van der Waals surface area contributed by atoms with Gasteiger partial charge in [-0.05, 0) is 13.0 Å². The van der Waals surface area contributed by atoms with E-state index in [4.69, 9.17) is 8.97 Å². The van der Waals surface area contributed by atoms with Crippen LogP contribution in [0.1, 0.15) is 11.3 Å². The van der Waals surface area contributed by atoms with E-state index in [0.29, 0.717) is 0 Å². The van der Waals surface area contributed by atoms with Gasteiger partial charge in [0.1, 0.15) is 5.76 Å². The summed E-state index contributed by atoms with van der Waals surface area (Å²) in [6.07, 6.45) is 1.49. The molecule has 0 aromatic carbocycles. The average Bonchev–Trinajstić information content (AvgIpc) is 2.13. The minimum absolute atomic E-state index is 0.150. The lowest BCUT2D eigenvalue weighted by molar-refractivity contribution is 0.531. The van der Waals surface area contributed by atoms with Crippen molar-refractivity contribution in [1.82, 2.24) is 0 Å². The lowest BCUT2D eigenvalue weighted by atomic mass is 10.3. The molecular weight excluding hydrogens is 152 g/mol. The van der Waals surface area contributed by atoms with Gasteiger partial charge in [-0.2, -0.15) is 0 Å². The zero-order valence-electron chi connectivity index (χ0n) is 5.53. The highest BCUT2D eigenvalue weighted by molar-refractivity contribution is 7.78. The Morgan fingerprint density at radius 2 is 2.50 bits per heavy atom. The van der Waals surface area contributed by atoms with Crippen LogP contribution in [0.5, 0.6) is 0 Å². The van der Waals surface area contributed by atoms with Gasteiger partial charge in [0.15, 0.2) is 11.1 Å². The second-order valence-electron chi connectivity index (χ2n) is 2.03. The van der Waals surface area contributed by atoms with Crippen LogP contribution in [-0.4, -0.2) is 8.76 Å². The highest BCUT2D eigenvalue weighted by Gasteiger charge is 2.00. The van der Waals surface area contributed by atoms with Crippen LogP contribution in [0.4, 0.5) is 0 Å². The largest absolute Gasteiger partial charge is 0.469 e. The van der Waals surface area contributed by atoms with E-state index in [0.717, 1.165) is 11.3 Å². The van der Waals surface area contributed by atoms with Crippen molar-refractivity contribution in [3.63, 3.8) is 0 Å². The number of hydrogen-bond acceptors (Lipinski definition) is 2. The molecule has 0 bridgehead atoms. The Labute approximate surface area is 61.3 Å². The molecule has 1 N–H and O–H groups in total. The van der Waals surface area contributed by atoms with Gasteiger partial charge in [-0.25, -0.2) is 4.21 Å². The Hall–Kier alpha value is -0.610. The van der Waals surface area contributed by atoms with E-state index in [1.165, 1.54) is 6.26 Å². The van der Waals surface area contributed by atoms with Crippen LogP contribution in [0.2, 0.25) is 0 Å². The Bertz CT molecular complexity index is 241. The summed E-state index contributed by atoms with van der Waals surface area (Å²) in [7, 11) is 0. The van der Waals surface area contributed by atoms with Crippen molar-refractivity contribution in [2.45, 2.75) is 12.7 Å². The minimum atomic E-state index is -1.76. The molecule has 1 aromatic rings. The summed E-state index contributed by atoms with van der Waals surface area (Å²) in [6.45, 7) is 1.80. The second-order valence-corrected chi connectivity index (χ2v) is 2.96. The molecule has 0 saturated carbocycles. The summed E-state index contributed by atoms with van der Waals surface area (Å²) >= 11 is -1.76. The van der Waals surface area contributed by atoms with Gasteiger partial charge < -0.3 is 8.97 Å². The first-order valence-electron chi connectivity index (χ1n) is 2.80. The molecule has 0 aliphatic rings. The molecule has 1 unspecified atom stereocenters.